The maximum atomic E-state index is 12.5. The van der Waals surface area contributed by atoms with Crippen molar-refractivity contribution in [1.82, 2.24) is 4.72 Å². The predicted octanol–water partition coefficient (Wildman–Crippen LogP) is 4.14. The molecule has 114 valence electrons. The molecule has 0 aliphatic carbocycles. The van der Waals surface area contributed by atoms with Gasteiger partial charge >= 0.3 is 0 Å². The largest absolute Gasteiger partial charge is 0.250 e. The number of aryl methyl sites for hydroxylation is 1. The third-order valence-electron chi connectivity index (χ3n) is 3.14. The Morgan fingerprint density at radius 3 is 2.38 bits per heavy atom. The second-order valence-corrected chi connectivity index (χ2v) is 8.79. The molecule has 1 N–H and O–H groups in total. The number of benzene rings is 1. The van der Waals surface area contributed by atoms with Crippen LogP contribution in [0.5, 0.6) is 0 Å². The van der Waals surface area contributed by atoms with Gasteiger partial charge in [0.1, 0.15) is 4.21 Å². The molecule has 0 saturated heterocycles. The van der Waals surface area contributed by atoms with Crippen molar-refractivity contribution in [3.8, 4) is 0 Å². The molecule has 2 aromatic rings. The van der Waals surface area contributed by atoms with Crippen molar-refractivity contribution in [1.29, 1.82) is 0 Å². The highest BCUT2D eigenvalue weighted by atomic mass is 35.5. The molecule has 7 heteroatoms. The van der Waals surface area contributed by atoms with Gasteiger partial charge in [-0.25, -0.2) is 8.42 Å². The molecule has 0 bridgehead atoms. The van der Waals surface area contributed by atoms with Gasteiger partial charge in [-0.3, -0.25) is 0 Å². The van der Waals surface area contributed by atoms with E-state index in [2.05, 4.69) is 4.72 Å². The summed E-state index contributed by atoms with van der Waals surface area (Å²) in [7, 11) is -3.68. The van der Waals surface area contributed by atoms with Gasteiger partial charge < -0.3 is 0 Å². The first-order chi connectivity index (χ1) is 9.78. The van der Waals surface area contributed by atoms with Gasteiger partial charge in [0.15, 0.2) is 0 Å². The van der Waals surface area contributed by atoms with Crippen molar-refractivity contribution in [2.45, 2.75) is 23.6 Å². The number of hydrogen-bond acceptors (Lipinski definition) is 3. The third-order valence-corrected chi connectivity index (χ3v) is 7.30. The van der Waals surface area contributed by atoms with E-state index in [4.69, 9.17) is 23.2 Å². The fourth-order valence-corrected chi connectivity index (χ4v) is 5.28. The summed E-state index contributed by atoms with van der Waals surface area (Å²) in [5.41, 5.74) is 0.670. The molecule has 1 aromatic carbocycles. The number of alkyl halides is 1. The summed E-state index contributed by atoms with van der Waals surface area (Å²) >= 11 is 13.0. The molecule has 1 heterocycles. The van der Waals surface area contributed by atoms with E-state index in [0.29, 0.717) is 4.34 Å². The molecule has 0 fully saturated rings. The maximum Gasteiger partial charge on any atom is 0.250 e. The minimum atomic E-state index is -3.68. The Labute approximate surface area is 139 Å². The number of hydrogen-bond donors (Lipinski definition) is 1. The molecule has 0 radical (unpaired) electrons. The Kier molecular flexibility index (Phi) is 5.00. The van der Waals surface area contributed by atoms with Crippen LogP contribution in [0.15, 0.2) is 40.6 Å². The monoisotopic (exact) mass is 363 g/mol. The minimum absolute atomic E-state index is 0.119. The highest BCUT2D eigenvalue weighted by Gasteiger charge is 2.32. The Bertz CT molecular complexity index is 709. The van der Waals surface area contributed by atoms with Gasteiger partial charge in [0.05, 0.1) is 9.88 Å². The number of sulfonamides is 1. The van der Waals surface area contributed by atoms with Gasteiger partial charge in [0.2, 0.25) is 0 Å². The third kappa shape index (κ3) is 3.60. The standard InChI is InChI=1S/C14H15Cl2NO2S2/c1-10-8-12(20-13(10)16)21(18,19)17-14(2,9-15)11-6-4-3-5-7-11/h3-8,17H,9H2,1-2H3. The first-order valence-corrected chi connectivity index (χ1v) is 9.41. The van der Waals surface area contributed by atoms with Crippen LogP contribution in [0.3, 0.4) is 0 Å². The van der Waals surface area contributed by atoms with Crippen LogP contribution in [-0.4, -0.2) is 14.3 Å². The smallest absolute Gasteiger partial charge is 0.206 e. The van der Waals surface area contributed by atoms with Crippen LogP contribution in [0, 0.1) is 6.92 Å². The second kappa shape index (κ2) is 6.26. The summed E-state index contributed by atoms with van der Waals surface area (Å²) in [6, 6.07) is 10.8. The summed E-state index contributed by atoms with van der Waals surface area (Å²) < 4.78 is 28.4. The van der Waals surface area contributed by atoms with E-state index in [1.165, 1.54) is 0 Å². The highest BCUT2D eigenvalue weighted by molar-refractivity contribution is 7.91. The molecule has 1 atom stereocenters. The fraction of sp³-hybridized carbons (Fsp3) is 0.286. The molecule has 0 spiro atoms. The summed E-state index contributed by atoms with van der Waals surface area (Å²) in [5.74, 6) is 0.119. The van der Waals surface area contributed by atoms with E-state index in [1.807, 2.05) is 30.3 Å². The van der Waals surface area contributed by atoms with Crippen LogP contribution in [0.1, 0.15) is 18.1 Å². The number of thiophene rings is 1. The highest BCUT2D eigenvalue weighted by Crippen LogP contribution is 2.32. The van der Waals surface area contributed by atoms with Gasteiger partial charge in [-0.2, -0.15) is 4.72 Å². The molecular formula is C14H15Cl2NO2S2. The Morgan fingerprint density at radius 1 is 1.29 bits per heavy atom. The normalized spacial score (nSPS) is 14.9. The first-order valence-electron chi connectivity index (χ1n) is 6.20. The lowest BCUT2D eigenvalue weighted by Gasteiger charge is -2.28. The van der Waals surface area contributed by atoms with Gasteiger partial charge in [0, 0.05) is 5.88 Å². The SMILES string of the molecule is Cc1cc(S(=O)(=O)NC(C)(CCl)c2ccccc2)sc1Cl. The van der Waals surface area contributed by atoms with Crippen LogP contribution in [0.4, 0.5) is 0 Å². The molecule has 21 heavy (non-hydrogen) atoms. The Hall–Kier alpha value is -0.590. The van der Waals surface area contributed by atoms with E-state index in [9.17, 15) is 8.42 Å². The van der Waals surface area contributed by atoms with E-state index >= 15 is 0 Å². The second-order valence-electron chi connectivity index (χ2n) is 4.96. The van der Waals surface area contributed by atoms with Crippen LogP contribution in [-0.2, 0) is 15.6 Å². The van der Waals surface area contributed by atoms with Crippen molar-refractivity contribution >= 4 is 44.6 Å². The number of rotatable bonds is 5. The number of halogens is 2. The lowest BCUT2D eigenvalue weighted by atomic mass is 9.96. The summed E-state index contributed by atoms with van der Waals surface area (Å²) in [5, 5.41) is 0. The lowest BCUT2D eigenvalue weighted by Crippen LogP contribution is -2.44. The van der Waals surface area contributed by atoms with Crippen molar-refractivity contribution in [2.24, 2.45) is 0 Å². The molecule has 0 aliphatic heterocycles. The average molecular weight is 364 g/mol. The molecule has 1 aromatic heterocycles. The van der Waals surface area contributed by atoms with Crippen molar-refractivity contribution in [3.63, 3.8) is 0 Å². The van der Waals surface area contributed by atoms with Crippen LogP contribution in [0.25, 0.3) is 0 Å². The quantitative estimate of drug-likeness (QED) is 0.811. The van der Waals surface area contributed by atoms with Gasteiger partial charge in [-0.15, -0.1) is 22.9 Å². The molecule has 0 aliphatic rings. The first kappa shape index (κ1) is 16.8. The Morgan fingerprint density at radius 2 is 1.90 bits per heavy atom. The van der Waals surface area contributed by atoms with Gasteiger partial charge in [-0.1, -0.05) is 41.9 Å². The molecule has 0 amide bonds. The zero-order valence-electron chi connectivity index (χ0n) is 11.6. The average Bonchev–Trinajstić information content (AvgIpc) is 2.80. The Balaban J connectivity index is 2.38. The van der Waals surface area contributed by atoms with Crippen LogP contribution >= 0.6 is 34.5 Å². The van der Waals surface area contributed by atoms with E-state index < -0.39 is 15.6 Å². The lowest BCUT2D eigenvalue weighted by molar-refractivity contribution is 0.478. The molecular weight excluding hydrogens is 349 g/mol. The van der Waals surface area contributed by atoms with Crippen molar-refractivity contribution < 1.29 is 8.42 Å². The zero-order valence-corrected chi connectivity index (χ0v) is 14.7. The topological polar surface area (TPSA) is 46.2 Å². The molecule has 0 saturated carbocycles. The summed E-state index contributed by atoms with van der Waals surface area (Å²) in [4.78, 5) is 0. The van der Waals surface area contributed by atoms with Gasteiger partial charge in [0.25, 0.3) is 10.0 Å². The van der Waals surface area contributed by atoms with Crippen LogP contribution in [0.2, 0.25) is 4.34 Å². The minimum Gasteiger partial charge on any atom is -0.206 e. The van der Waals surface area contributed by atoms with Gasteiger partial charge in [-0.05, 0) is 31.0 Å². The van der Waals surface area contributed by atoms with Crippen molar-refractivity contribution in [2.75, 3.05) is 5.88 Å². The van der Waals surface area contributed by atoms with Crippen LogP contribution < -0.4 is 4.72 Å². The molecule has 3 nitrogen and oxygen atoms in total. The summed E-state index contributed by atoms with van der Waals surface area (Å²) in [6.45, 7) is 3.53. The molecule has 1 unspecified atom stereocenters. The maximum absolute atomic E-state index is 12.5. The van der Waals surface area contributed by atoms with E-state index in [-0.39, 0.29) is 10.1 Å². The van der Waals surface area contributed by atoms with E-state index in [0.717, 1.165) is 22.5 Å². The van der Waals surface area contributed by atoms with E-state index in [1.54, 1.807) is 19.9 Å². The summed E-state index contributed by atoms with van der Waals surface area (Å²) in [6.07, 6.45) is 0. The predicted molar refractivity (Wildman–Crippen MR) is 88.9 cm³/mol. The zero-order chi connectivity index (χ0) is 15.7. The number of nitrogens with one attached hydrogen (secondary N) is 1. The molecule has 2 rings (SSSR count). The van der Waals surface area contributed by atoms with Crippen molar-refractivity contribution in [3.05, 3.63) is 51.9 Å². The fourth-order valence-electron chi connectivity index (χ4n) is 1.88.